The maximum atomic E-state index is 12.8. The van der Waals surface area contributed by atoms with Gasteiger partial charge in [-0.3, -0.25) is 4.31 Å². The SMILES string of the molecule is Cc1ccc(S(=O)(=O)N2CCC/C2=C\c2cccs2)cc1. The molecule has 0 N–H and O–H groups in total. The Balaban J connectivity index is 1.96. The number of rotatable bonds is 3. The van der Waals surface area contributed by atoms with Crippen molar-refractivity contribution in [3.8, 4) is 0 Å². The van der Waals surface area contributed by atoms with Crippen molar-refractivity contribution < 1.29 is 8.42 Å². The highest BCUT2D eigenvalue weighted by Crippen LogP contribution is 2.31. The Morgan fingerprint density at radius 3 is 2.62 bits per heavy atom. The maximum absolute atomic E-state index is 12.8. The third kappa shape index (κ3) is 2.89. The molecule has 1 aliphatic rings. The molecule has 1 aromatic heterocycles. The number of aryl methyl sites for hydroxylation is 1. The van der Waals surface area contributed by atoms with Crippen molar-refractivity contribution >= 4 is 27.4 Å². The van der Waals surface area contributed by atoms with Crippen LogP contribution < -0.4 is 0 Å². The lowest BCUT2D eigenvalue weighted by molar-refractivity contribution is 0.512. The van der Waals surface area contributed by atoms with Crippen LogP contribution in [-0.2, 0) is 10.0 Å². The number of hydrogen-bond donors (Lipinski definition) is 0. The van der Waals surface area contributed by atoms with Crippen LogP contribution in [0.1, 0.15) is 23.3 Å². The Hall–Kier alpha value is -1.59. The molecule has 0 bridgehead atoms. The number of thiophene rings is 1. The van der Waals surface area contributed by atoms with E-state index >= 15 is 0 Å². The third-order valence-electron chi connectivity index (χ3n) is 3.58. The van der Waals surface area contributed by atoms with E-state index in [0.717, 1.165) is 29.0 Å². The highest BCUT2D eigenvalue weighted by molar-refractivity contribution is 7.89. The summed E-state index contributed by atoms with van der Waals surface area (Å²) in [6, 6.07) is 11.0. The molecule has 1 fully saturated rings. The van der Waals surface area contributed by atoms with Gasteiger partial charge in [0.2, 0.25) is 0 Å². The summed E-state index contributed by atoms with van der Waals surface area (Å²) in [7, 11) is -3.44. The fourth-order valence-corrected chi connectivity index (χ4v) is 4.70. The zero-order chi connectivity index (χ0) is 14.9. The summed E-state index contributed by atoms with van der Waals surface area (Å²) in [5.74, 6) is 0. The minimum Gasteiger partial charge on any atom is -0.270 e. The normalized spacial score (nSPS) is 17.6. The van der Waals surface area contributed by atoms with Gasteiger partial charge < -0.3 is 0 Å². The van der Waals surface area contributed by atoms with Gasteiger partial charge in [-0.25, -0.2) is 8.42 Å². The smallest absolute Gasteiger partial charge is 0.264 e. The van der Waals surface area contributed by atoms with Crippen molar-refractivity contribution in [2.45, 2.75) is 24.7 Å². The molecule has 1 saturated heterocycles. The Bertz CT molecular complexity index is 744. The second-order valence-electron chi connectivity index (χ2n) is 5.14. The van der Waals surface area contributed by atoms with Crippen molar-refractivity contribution in [2.75, 3.05) is 6.54 Å². The van der Waals surface area contributed by atoms with E-state index in [1.165, 1.54) is 0 Å². The lowest BCUT2D eigenvalue weighted by Crippen LogP contribution is -2.26. The first-order valence-electron chi connectivity index (χ1n) is 6.91. The van der Waals surface area contributed by atoms with E-state index in [2.05, 4.69) is 0 Å². The Kier molecular flexibility index (Phi) is 3.87. The number of hydrogen-bond acceptors (Lipinski definition) is 3. The van der Waals surface area contributed by atoms with Crippen LogP contribution in [0, 0.1) is 6.92 Å². The van der Waals surface area contributed by atoms with Gasteiger partial charge in [0.05, 0.1) is 4.90 Å². The van der Waals surface area contributed by atoms with Crippen LogP contribution in [0.4, 0.5) is 0 Å². The minimum absolute atomic E-state index is 0.368. The zero-order valence-electron chi connectivity index (χ0n) is 11.8. The van der Waals surface area contributed by atoms with E-state index in [-0.39, 0.29) is 0 Å². The molecule has 3 rings (SSSR count). The molecule has 2 heterocycles. The van der Waals surface area contributed by atoms with Gasteiger partial charge in [-0.1, -0.05) is 23.8 Å². The molecule has 5 heteroatoms. The number of benzene rings is 1. The Morgan fingerprint density at radius 1 is 1.19 bits per heavy atom. The van der Waals surface area contributed by atoms with Gasteiger partial charge in [0.1, 0.15) is 0 Å². The fourth-order valence-electron chi connectivity index (χ4n) is 2.47. The Labute approximate surface area is 129 Å². The number of allylic oxidation sites excluding steroid dienone is 1. The number of sulfonamides is 1. The quantitative estimate of drug-likeness (QED) is 0.861. The predicted molar refractivity (Wildman–Crippen MR) is 86.6 cm³/mol. The molecule has 1 aliphatic heterocycles. The molecule has 3 nitrogen and oxygen atoms in total. The first-order chi connectivity index (χ1) is 10.1. The van der Waals surface area contributed by atoms with E-state index < -0.39 is 10.0 Å². The van der Waals surface area contributed by atoms with E-state index in [1.54, 1.807) is 27.8 Å². The molecule has 0 spiro atoms. The minimum atomic E-state index is -3.44. The van der Waals surface area contributed by atoms with Gasteiger partial charge in [0.15, 0.2) is 0 Å². The van der Waals surface area contributed by atoms with Gasteiger partial charge in [-0.2, -0.15) is 0 Å². The first-order valence-corrected chi connectivity index (χ1v) is 9.23. The molecule has 0 saturated carbocycles. The van der Waals surface area contributed by atoms with Crippen molar-refractivity contribution in [1.82, 2.24) is 4.31 Å². The largest absolute Gasteiger partial charge is 0.270 e. The molecule has 1 aromatic carbocycles. The Morgan fingerprint density at radius 2 is 1.95 bits per heavy atom. The molecule has 0 unspecified atom stereocenters. The average Bonchev–Trinajstić information content (AvgIpc) is 3.11. The van der Waals surface area contributed by atoms with Crippen LogP contribution in [0.15, 0.2) is 52.4 Å². The van der Waals surface area contributed by atoms with Gasteiger partial charge in [0, 0.05) is 17.1 Å². The predicted octanol–water partition coefficient (Wildman–Crippen LogP) is 3.88. The van der Waals surface area contributed by atoms with Crippen LogP contribution in [0.5, 0.6) is 0 Å². The van der Waals surface area contributed by atoms with Crippen LogP contribution in [0.3, 0.4) is 0 Å². The lowest BCUT2D eigenvalue weighted by atomic mass is 10.2. The third-order valence-corrected chi connectivity index (χ3v) is 6.26. The summed E-state index contributed by atoms with van der Waals surface area (Å²) in [5, 5.41) is 2.00. The van der Waals surface area contributed by atoms with Crippen LogP contribution in [-0.4, -0.2) is 19.3 Å². The molecule has 0 amide bonds. The highest BCUT2D eigenvalue weighted by Gasteiger charge is 2.30. The van der Waals surface area contributed by atoms with Crippen LogP contribution in [0.2, 0.25) is 0 Å². The van der Waals surface area contributed by atoms with Gasteiger partial charge in [-0.15, -0.1) is 11.3 Å². The molecule has 0 radical (unpaired) electrons. The second-order valence-corrected chi connectivity index (χ2v) is 7.99. The second kappa shape index (κ2) is 5.66. The molecule has 0 atom stereocenters. The van der Waals surface area contributed by atoms with Gasteiger partial charge >= 0.3 is 0 Å². The van der Waals surface area contributed by atoms with Crippen molar-refractivity contribution in [1.29, 1.82) is 0 Å². The topological polar surface area (TPSA) is 37.4 Å². The van der Waals surface area contributed by atoms with E-state index in [9.17, 15) is 8.42 Å². The average molecular weight is 319 g/mol. The lowest BCUT2D eigenvalue weighted by Gasteiger charge is -2.20. The van der Waals surface area contributed by atoms with Gasteiger partial charge in [-0.05, 0) is 49.4 Å². The van der Waals surface area contributed by atoms with Crippen LogP contribution in [0.25, 0.3) is 6.08 Å². The fraction of sp³-hybridized carbons (Fsp3) is 0.250. The summed E-state index contributed by atoms with van der Waals surface area (Å²) in [4.78, 5) is 1.46. The molecule has 110 valence electrons. The molecular weight excluding hydrogens is 302 g/mol. The summed E-state index contributed by atoms with van der Waals surface area (Å²) in [5.41, 5.74) is 1.95. The van der Waals surface area contributed by atoms with Crippen LogP contribution >= 0.6 is 11.3 Å². The molecule has 21 heavy (non-hydrogen) atoms. The van der Waals surface area contributed by atoms with Crippen molar-refractivity contribution in [3.05, 3.63) is 57.9 Å². The molecular formula is C16H17NO2S2. The van der Waals surface area contributed by atoms with Crippen molar-refractivity contribution in [3.63, 3.8) is 0 Å². The summed E-state index contributed by atoms with van der Waals surface area (Å²) < 4.78 is 27.1. The van der Waals surface area contributed by atoms with E-state index in [1.807, 2.05) is 42.6 Å². The standard InChI is InChI=1S/C16H17NO2S2/c1-13-6-8-16(9-7-13)21(18,19)17-10-2-4-14(17)12-15-5-3-11-20-15/h3,5-9,11-12H,2,4,10H2,1H3/b14-12+. The highest BCUT2D eigenvalue weighted by atomic mass is 32.2. The monoisotopic (exact) mass is 319 g/mol. The summed E-state index contributed by atoms with van der Waals surface area (Å²) in [6.07, 6.45) is 3.68. The maximum Gasteiger partial charge on any atom is 0.264 e. The summed E-state index contributed by atoms with van der Waals surface area (Å²) in [6.45, 7) is 2.52. The molecule has 0 aliphatic carbocycles. The van der Waals surface area contributed by atoms with E-state index in [4.69, 9.17) is 0 Å². The first kappa shape index (κ1) is 14.4. The zero-order valence-corrected chi connectivity index (χ0v) is 13.5. The van der Waals surface area contributed by atoms with E-state index in [0.29, 0.717) is 11.4 Å². The van der Waals surface area contributed by atoms with Crippen molar-refractivity contribution in [2.24, 2.45) is 0 Å². The summed E-state index contributed by atoms with van der Waals surface area (Å²) >= 11 is 1.62. The van der Waals surface area contributed by atoms with Gasteiger partial charge in [0.25, 0.3) is 10.0 Å². The number of nitrogens with zero attached hydrogens (tertiary/aromatic N) is 1. The molecule has 2 aromatic rings.